The molecule has 0 saturated heterocycles. The molecule has 0 aliphatic carbocycles. The highest BCUT2D eigenvalue weighted by Crippen LogP contribution is 2.33. The number of carbonyl (C=O) groups is 1. The Morgan fingerprint density at radius 2 is 1.94 bits per heavy atom. The highest BCUT2D eigenvalue weighted by atomic mass is 79.9. The normalized spacial score (nSPS) is 10.2. The fourth-order valence-electron chi connectivity index (χ4n) is 1.29. The lowest BCUT2D eigenvalue weighted by Crippen LogP contribution is -2.11. The Bertz CT molecular complexity index is 530. The average Bonchev–Trinajstić information content (AvgIpc) is 2.76. The third-order valence-corrected chi connectivity index (χ3v) is 3.34. The Morgan fingerprint density at radius 3 is 2.47 bits per heavy atom. The van der Waals surface area contributed by atoms with Crippen molar-refractivity contribution < 1.29 is 9.21 Å². The van der Waals surface area contributed by atoms with Crippen LogP contribution in [0.4, 0.5) is 11.4 Å². The highest BCUT2D eigenvalue weighted by Gasteiger charge is 2.12. The molecule has 17 heavy (non-hydrogen) atoms. The molecule has 0 fully saturated rings. The van der Waals surface area contributed by atoms with Crippen LogP contribution in [0.1, 0.15) is 10.4 Å². The van der Waals surface area contributed by atoms with E-state index in [9.17, 15) is 4.79 Å². The predicted molar refractivity (Wildman–Crippen MR) is 72.9 cm³/mol. The second-order valence-electron chi connectivity index (χ2n) is 3.33. The number of anilines is 2. The molecule has 0 aliphatic heterocycles. The van der Waals surface area contributed by atoms with E-state index in [0.29, 0.717) is 25.9 Å². The molecule has 1 aromatic carbocycles. The summed E-state index contributed by atoms with van der Waals surface area (Å²) in [7, 11) is 0. The summed E-state index contributed by atoms with van der Waals surface area (Å²) in [6.45, 7) is 0. The molecule has 3 N–H and O–H groups in total. The Labute approximate surface area is 114 Å². The van der Waals surface area contributed by atoms with Gasteiger partial charge in [0.1, 0.15) is 6.26 Å². The number of nitrogens with two attached hydrogens (primary N) is 1. The zero-order chi connectivity index (χ0) is 12.4. The highest BCUT2D eigenvalue weighted by molar-refractivity contribution is 9.11. The van der Waals surface area contributed by atoms with Gasteiger partial charge in [0.25, 0.3) is 5.91 Å². The number of halogens is 2. The number of carbonyl (C=O) groups excluding carboxylic acids is 1. The average molecular weight is 360 g/mol. The van der Waals surface area contributed by atoms with Gasteiger partial charge in [-0.15, -0.1) is 0 Å². The maximum absolute atomic E-state index is 11.8. The zero-order valence-corrected chi connectivity index (χ0v) is 11.7. The van der Waals surface area contributed by atoms with Crippen LogP contribution in [0.5, 0.6) is 0 Å². The fourth-order valence-corrected chi connectivity index (χ4v) is 2.71. The minimum absolute atomic E-state index is 0.245. The summed E-state index contributed by atoms with van der Waals surface area (Å²) in [5, 5.41) is 2.76. The van der Waals surface area contributed by atoms with Gasteiger partial charge in [-0.2, -0.15) is 0 Å². The van der Waals surface area contributed by atoms with Crippen LogP contribution in [0.2, 0.25) is 0 Å². The van der Waals surface area contributed by atoms with Gasteiger partial charge in [-0.1, -0.05) is 0 Å². The first-order valence-corrected chi connectivity index (χ1v) is 6.24. The van der Waals surface area contributed by atoms with Crippen LogP contribution >= 0.6 is 31.9 Å². The summed E-state index contributed by atoms with van der Waals surface area (Å²) in [5.41, 5.74) is 7.36. The number of nitrogens with one attached hydrogen (secondary N) is 1. The van der Waals surface area contributed by atoms with E-state index < -0.39 is 0 Å². The molecule has 88 valence electrons. The zero-order valence-electron chi connectivity index (χ0n) is 8.54. The van der Waals surface area contributed by atoms with Crippen LogP contribution in [0.3, 0.4) is 0 Å². The molecule has 0 bridgehead atoms. The van der Waals surface area contributed by atoms with Crippen molar-refractivity contribution in [3.8, 4) is 0 Å². The van der Waals surface area contributed by atoms with E-state index >= 15 is 0 Å². The predicted octanol–water partition coefficient (Wildman–Crippen LogP) is 3.64. The maximum atomic E-state index is 11.8. The summed E-state index contributed by atoms with van der Waals surface area (Å²) in [5.74, 6) is -0.245. The summed E-state index contributed by atoms with van der Waals surface area (Å²) in [6.07, 6.45) is 2.83. The summed E-state index contributed by atoms with van der Waals surface area (Å²) < 4.78 is 6.27. The van der Waals surface area contributed by atoms with Gasteiger partial charge in [0.05, 0.1) is 17.5 Å². The van der Waals surface area contributed by atoms with Crippen molar-refractivity contribution in [2.45, 2.75) is 0 Å². The molecule has 0 atom stereocenters. The smallest absolute Gasteiger partial charge is 0.258 e. The lowest BCUT2D eigenvalue weighted by atomic mass is 10.2. The maximum Gasteiger partial charge on any atom is 0.258 e. The standard InChI is InChI=1S/C11H8Br2N2O2/c12-8-3-7(14)4-9(13)10(8)15-11(16)6-1-2-17-5-6/h1-5H,14H2,(H,15,16). The van der Waals surface area contributed by atoms with E-state index in [1.54, 1.807) is 18.2 Å². The Balaban J connectivity index is 2.28. The SMILES string of the molecule is Nc1cc(Br)c(NC(=O)c2ccoc2)c(Br)c1. The summed E-state index contributed by atoms with van der Waals surface area (Å²) in [6, 6.07) is 5.03. The van der Waals surface area contributed by atoms with E-state index in [1.165, 1.54) is 12.5 Å². The van der Waals surface area contributed by atoms with Gasteiger partial charge in [-0.3, -0.25) is 4.79 Å². The lowest BCUT2D eigenvalue weighted by molar-refractivity contribution is 0.102. The molecule has 0 radical (unpaired) electrons. The Morgan fingerprint density at radius 1 is 1.29 bits per heavy atom. The molecule has 0 unspecified atom stereocenters. The van der Waals surface area contributed by atoms with Crippen molar-refractivity contribution in [2.24, 2.45) is 0 Å². The lowest BCUT2D eigenvalue weighted by Gasteiger charge is -2.09. The second-order valence-corrected chi connectivity index (χ2v) is 5.03. The number of amides is 1. The third kappa shape index (κ3) is 2.70. The largest absolute Gasteiger partial charge is 0.472 e. The molecule has 6 heteroatoms. The Hall–Kier alpha value is -1.27. The first kappa shape index (κ1) is 12.2. The quantitative estimate of drug-likeness (QED) is 0.804. The van der Waals surface area contributed by atoms with Crippen molar-refractivity contribution in [1.29, 1.82) is 0 Å². The van der Waals surface area contributed by atoms with E-state index in [2.05, 4.69) is 37.2 Å². The van der Waals surface area contributed by atoms with Crippen molar-refractivity contribution in [1.82, 2.24) is 0 Å². The fraction of sp³-hybridized carbons (Fsp3) is 0. The topological polar surface area (TPSA) is 68.3 Å². The van der Waals surface area contributed by atoms with Gasteiger partial charge >= 0.3 is 0 Å². The second kappa shape index (κ2) is 4.93. The van der Waals surface area contributed by atoms with Crippen LogP contribution in [-0.4, -0.2) is 5.91 Å². The van der Waals surface area contributed by atoms with Gasteiger partial charge < -0.3 is 15.5 Å². The summed E-state index contributed by atoms with van der Waals surface area (Å²) in [4.78, 5) is 11.8. The number of hydrogen-bond acceptors (Lipinski definition) is 3. The minimum Gasteiger partial charge on any atom is -0.472 e. The van der Waals surface area contributed by atoms with Crippen molar-refractivity contribution >= 4 is 49.1 Å². The molecule has 1 amide bonds. The van der Waals surface area contributed by atoms with E-state index in [1.807, 2.05) is 0 Å². The van der Waals surface area contributed by atoms with Crippen molar-refractivity contribution in [3.63, 3.8) is 0 Å². The number of nitrogen functional groups attached to an aromatic ring is 1. The number of rotatable bonds is 2. The van der Waals surface area contributed by atoms with Crippen LogP contribution < -0.4 is 11.1 Å². The van der Waals surface area contributed by atoms with Crippen LogP contribution in [0.25, 0.3) is 0 Å². The van der Waals surface area contributed by atoms with Crippen LogP contribution in [-0.2, 0) is 0 Å². The Kier molecular flexibility index (Phi) is 3.54. The van der Waals surface area contributed by atoms with E-state index in [4.69, 9.17) is 10.2 Å². The van der Waals surface area contributed by atoms with Gasteiger partial charge in [0, 0.05) is 14.6 Å². The molecule has 2 rings (SSSR count). The first-order chi connectivity index (χ1) is 8.08. The number of hydrogen-bond donors (Lipinski definition) is 2. The molecular formula is C11H8Br2N2O2. The van der Waals surface area contributed by atoms with Gasteiger partial charge in [-0.25, -0.2) is 0 Å². The monoisotopic (exact) mass is 358 g/mol. The molecule has 4 nitrogen and oxygen atoms in total. The van der Waals surface area contributed by atoms with E-state index in [-0.39, 0.29) is 5.91 Å². The molecule has 0 saturated carbocycles. The van der Waals surface area contributed by atoms with Crippen molar-refractivity contribution in [2.75, 3.05) is 11.1 Å². The van der Waals surface area contributed by atoms with Gasteiger partial charge in [-0.05, 0) is 50.1 Å². The summed E-state index contributed by atoms with van der Waals surface area (Å²) >= 11 is 6.68. The molecular weight excluding hydrogens is 352 g/mol. The molecule has 0 spiro atoms. The van der Waals surface area contributed by atoms with Gasteiger partial charge in [0.15, 0.2) is 0 Å². The molecule has 2 aromatic rings. The molecule has 0 aliphatic rings. The number of benzene rings is 1. The van der Waals surface area contributed by atoms with Crippen LogP contribution in [0, 0.1) is 0 Å². The number of furan rings is 1. The molecule has 1 heterocycles. The van der Waals surface area contributed by atoms with Gasteiger partial charge in [0.2, 0.25) is 0 Å². The van der Waals surface area contributed by atoms with Crippen LogP contribution in [0.15, 0.2) is 44.1 Å². The van der Waals surface area contributed by atoms with E-state index in [0.717, 1.165) is 0 Å². The van der Waals surface area contributed by atoms with Crippen molar-refractivity contribution in [3.05, 3.63) is 45.2 Å². The minimum atomic E-state index is -0.245. The third-order valence-electron chi connectivity index (χ3n) is 2.09. The first-order valence-electron chi connectivity index (χ1n) is 4.66. The molecule has 1 aromatic heterocycles.